The number of unbranched alkanes of at least 4 members (excludes halogenated alkanes) is 14. The highest BCUT2D eigenvalue weighted by molar-refractivity contribution is 8.76. The van der Waals surface area contributed by atoms with Gasteiger partial charge in [-0.25, -0.2) is 0 Å². The Kier molecular flexibility index (Phi) is 22.2. The molecule has 0 spiro atoms. The molecule has 0 atom stereocenters. The molecule has 0 aliphatic heterocycles. The molecule has 0 aromatic rings. The Balaban J connectivity index is 4.46. The predicted octanol–water partition coefficient (Wildman–Crippen LogP) is 7.78. The molecule has 4 nitrogen and oxygen atoms in total. The van der Waals surface area contributed by atoms with E-state index in [4.69, 9.17) is 11.5 Å². The van der Waals surface area contributed by atoms with E-state index < -0.39 is 5.41 Å². The number of primary amides is 2. The Morgan fingerprint density at radius 2 is 1.03 bits per heavy atom. The maximum Gasteiger partial charge on any atom is 0.224 e. The van der Waals surface area contributed by atoms with Crippen molar-refractivity contribution in [2.24, 2.45) is 16.9 Å². The van der Waals surface area contributed by atoms with Crippen molar-refractivity contribution in [1.82, 2.24) is 0 Å². The predicted molar refractivity (Wildman–Crippen MR) is 145 cm³/mol. The topological polar surface area (TPSA) is 86.2 Å². The van der Waals surface area contributed by atoms with Crippen molar-refractivity contribution in [3.8, 4) is 0 Å². The molecule has 0 unspecified atom stereocenters. The summed E-state index contributed by atoms with van der Waals surface area (Å²) in [7, 11) is 3.34. The highest BCUT2D eigenvalue weighted by Crippen LogP contribution is 2.39. The zero-order valence-corrected chi connectivity index (χ0v) is 22.8. The van der Waals surface area contributed by atoms with Gasteiger partial charge in [0.05, 0.1) is 5.41 Å². The summed E-state index contributed by atoms with van der Waals surface area (Å²) in [6.07, 6.45) is 22.5. The highest BCUT2D eigenvalue weighted by atomic mass is 33.1. The van der Waals surface area contributed by atoms with Crippen molar-refractivity contribution < 1.29 is 9.59 Å². The lowest BCUT2D eigenvalue weighted by molar-refractivity contribution is -0.127. The van der Waals surface area contributed by atoms with Crippen molar-refractivity contribution in [2.45, 2.75) is 136 Å². The maximum atomic E-state index is 12.6. The van der Waals surface area contributed by atoms with Crippen molar-refractivity contribution in [2.75, 3.05) is 11.5 Å². The summed E-state index contributed by atoms with van der Waals surface area (Å²) < 4.78 is 0. The van der Waals surface area contributed by atoms with Crippen LogP contribution in [-0.4, -0.2) is 23.3 Å². The average Bonchev–Trinajstić information content (AvgIpc) is 2.76. The summed E-state index contributed by atoms with van der Waals surface area (Å²) in [5.74, 6) is 1.05. The monoisotopic (exact) mass is 488 g/mol. The van der Waals surface area contributed by atoms with Crippen molar-refractivity contribution >= 4 is 33.4 Å². The van der Waals surface area contributed by atoms with Gasteiger partial charge in [-0.1, -0.05) is 138 Å². The second-order valence-electron chi connectivity index (χ2n) is 9.39. The summed E-state index contributed by atoms with van der Waals surface area (Å²) in [5, 5.41) is 0. The van der Waals surface area contributed by atoms with Gasteiger partial charge >= 0.3 is 0 Å². The molecule has 2 amide bonds. The Morgan fingerprint density at radius 3 is 1.41 bits per heavy atom. The maximum absolute atomic E-state index is 12.6. The molecule has 0 saturated carbocycles. The number of rotatable bonds is 25. The molecular formula is C26H52N2O2S2. The molecule has 0 rings (SSSR count). The van der Waals surface area contributed by atoms with Gasteiger partial charge in [0, 0.05) is 17.9 Å². The second kappa shape index (κ2) is 22.4. The second-order valence-corrected chi connectivity index (χ2v) is 12.0. The van der Waals surface area contributed by atoms with Crippen LogP contribution in [0.3, 0.4) is 0 Å². The highest BCUT2D eigenvalue weighted by Gasteiger charge is 2.35. The quantitative estimate of drug-likeness (QED) is 0.101. The molecule has 190 valence electrons. The standard InChI is InChI=1S/C26H52N2O2S2/c1-3-5-7-9-11-13-15-17-20-26(25(28)30,23-32-31-22-19-24(27)29)21-18-16-14-12-10-8-6-4-2/h3-23H2,1-2H3,(H2,27,29)(H2,28,30). The van der Waals surface area contributed by atoms with E-state index in [1.165, 1.54) is 89.9 Å². The van der Waals surface area contributed by atoms with Gasteiger partial charge in [-0.2, -0.15) is 0 Å². The lowest BCUT2D eigenvalue weighted by Crippen LogP contribution is -2.39. The summed E-state index contributed by atoms with van der Waals surface area (Å²) >= 11 is 0. The minimum absolute atomic E-state index is 0.133. The van der Waals surface area contributed by atoms with Gasteiger partial charge in [-0.15, -0.1) is 0 Å². The fraction of sp³-hybridized carbons (Fsp3) is 0.923. The van der Waals surface area contributed by atoms with Crippen LogP contribution in [0.1, 0.15) is 136 Å². The van der Waals surface area contributed by atoms with Crippen LogP contribution in [0, 0.1) is 5.41 Å². The number of hydrogen-bond donors (Lipinski definition) is 2. The van der Waals surface area contributed by atoms with E-state index in [1.807, 2.05) is 0 Å². The molecule has 4 N–H and O–H groups in total. The first kappa shape index (κ1) is 31.6. The van der Waals surface area contributed by atoms with Gasteiger partial charge in [0.2, 0.25) is 11.8 Å². The Bertz CT molecular complexity index is 441. The molecule has 0 aromatic carbocycles. The third-order valence-electron chi connectivity index (χ3n) is 6.39. The SMILES string of the molecule is CCCCCCCCCCC(CCCCCCCCCC)(CSSCCC(N)=O)C(N)=O. The zero-order chi connectivity index (χ0) is 23.9. The Hall–Kier alpha value is -0.360. The summed E-state index contributed by atoms with van der Waals surface area (Å²) in [4.78, 5) is 23.6. The summed E-state index contributed by atoms with van der Waals surface area (Å²) in [6.45, 7) is 4.50. The van der Waals surface area contributed by atoms with E-state index in [2.05, 4.69) is 13.8 Å². The van der Waals surface area contributed by atoms with Crippen LogP contribution < -0.4 is 11.5 Å². The number of nitrogens with two attached hydrogens (primary N) is 2. The molecule has 6 heteroatoms. The average molecular weight is 489 g/mol. The third kappa shape index (κ3) is 18.1. The van der Waals surface area contributed by atoms with Gasteiger partial charge in [0.25, 0.3) is 0 Å². The van der Waals surface area contributed by atoms with Crippen LogP contribution in [0.5, 0.6) is 0 Å². The lowest BCUT2D eigenvalue weighted by atomic mass is 9.78. The first-order chi connectivity index (χ1) is 15.5. The van der Waals surface area contributed by atoms with Gasteiger partial charge in [0.1, 0.15) is 0 Å². The minimum atomic E-state index is -0.408. The van der Waals surface area contributed by atoms with Crippen molar-refractivity contribution in [1.29, 1.82) is 0 Å². The Labute approximate surface area is 207 Å². The first-order valence-corrected chi connectivity index (χ1v) is 15.8. The fourth-order valence-electron chi connectivity index (χ4n) is 4.14. The molecule has 0 fully saturated rings. The molecule has 0 heterocycles. The van der Waals surface area contributed by atoms with E-state index >= 15 is 0 Å². The largest absolute Gasteiger partial charge is 0.370 e. The molecule has 32 heavy (non-hydrogen) atoms. The van der Waals surface area contributed by atoms with Crippen molar-refractivity contribution in [3.63, 3.8) is 0 Å². The van der Waals surface area contributed by atoms with E-state index in [9.17, 15) is 9.59 Å². The van der Waals surface area contributed by atoms with E-state index in [0.717, 1.165) is 31.4 Å². The number of carbonyl (C=O) groups excluding carboxylic acids is 2. The molecule has 0 saturated heterocycles. The van der Waals surface area contributed by atoms with Crippen LogP contribution >= 0.6 is 21.6 Å². The van der Waals surface area contributed by atoms with Gasteiger partial charge in [0.15, 0.2) is 0 Å². The van der Waals surface area contributed by atoms with Crippen molar-refractivity contribution in [3.05, 3.63) is 0 Å². The fourth-order valence-corrected chi connectivity index (χ4v) is 6.81. The minimum Gasteiger partial charge on any atom is -0.370 e. The molecular weight excluding hydrogens is 436 g/mol. The lowest BCUT2D eigenvalue weighted by Gasteiger charge is -2.30. The molecule has 0 aliphatic rings. The molecule has 0 aromatic heterocycles. The van der Waals surface area contributed by atoms with Gasteiger partial charge in [-0.05, 0) is 12.8 Å². The Morgan fingerprint density at radius 1 is 0.625 bits per heavy atom. The molecule has 0 bridgehead atoms. The van der Waals surface area contributed by atoms with E-state index in [1.54, 1.807) is 21.6 Å². The third-order valence-corrected chi connectivity index (χ3v) is 8.95. The van der Waals surface area contributed by atoms with Gasteiger partial charge in [-0.3, -0.25) is 9.59 Å². The zero-order valence-electron chi connectivity index (χ0n) is 21.1. The van der Waals surface area contributed by atoms with Crippen LogP contribution in [0.2, 0.25) is 0 Å². The van der Waals surface area contributed by atoms with Crippen LogP contribution in [0.4, 0.5) is 0 Å². The van der Waals surface area contributed by atoms with Crippen LogP contribution in [0.25, 0.3) is 0 Å². The number of hydrogen-bond acceptors (Lipinski definition) is 4. The van der Waals surface area contributed by atoms with Crippen LogP contribution in [-0.2, 0) is 9.59 Å². The first-order valence-electron chi connectivity index (χ1n) is 13.3. The van der Waals surface area contributed by atoms with Crippen LogP contribution in [0.15, 0.2) is 0 Å². The van der Waals surface area contributed by atoms with E-state index in [-0.39, 0.29) is 11.8 Å². The van der Waals surface area contributed by atoms with E-state index in [0.29, 0.717) is 12.2 Å². The number of carbonyl (C=O) groups is 2. The van der Waals surface area contributed by atoms with Gasteiger partial charge < -0.3 is 11.5 Å². The molecule has 0 aliphatic carbocycles. The molecule has 0 radical (unpaired) electrons. The number of amides is 2. The normalized spacial score (nSPS) is 11.7. The smallest absolute Gasteiger partial charge is 0.224 e. The summed E-state index contributed by atoms with van der Waals surface area (Å²) in [6, 6.07) is 0. The summed E-state index contributed by atoms with van der Waals surface area (Å²) in [5.41, 5.74) is 10.8.